The van der Waals surface area contributed by atoms with Gasteiger partial charge in [0.1, 0.15) is 5.75 Å². The van der Waals surface area contributed by atoms with Gasteiger partial charge in [0, 0.05) is 0 Å². The number of para-hydroxylation sites is 1. The molecule has 1 aliphatic rings. The second-order valence-corrected chi connectivity index (χ2v) is 3.03. The van der Waals surface area contributed by atoms with Crippen LogP contribution in [0.3, 0.4) is 0 Å². The van der Waals surface area contributed by atoms with E-state index in [1.54, 1.807) is 4.58 Å². The third-order valence-electron chi connectivity index (χ3n) is 1.99. The molecule has 0 saturated heterocycles. The van der Waals surface area contributed by atoms with Crippen molar-refractivity contribution < 1.29 is 8.36 Å². The van der Waals surface area contributed by atoms with Crippen LogP contribution in [0.1, 0.15) is 5.56 Å². The van der Waals surface area contributed by atoms with Crippen LogP contribution in [0.25, 0.3) is 6.08 Å². The van der Waals surface area contributed by atoms with Gasteiger partial charge in [-0.25, -0.2) is 0 Å². The van der Waals surface area contributed by atoms with Crippen molar-refractivity contribution in [2.75, 3.05) is 0 Å². The van der Waals surface area contributed by atoms with Crippen LogP contribution in [0, 0.1) is 6.54 Å². The van der Waals surface area contributed by atoms with Gasteiger partial charge in [-0.2, -0.15) is 0 Å². The molecule has 0 amide bonds. The van der Waals surface area contributed by atoms with Crippen molar-refractivity contribution in [2.45, 2.75) is 0 Å². The van der Waals surface area contributed by atoms with Crippen molar-refractivity contribution in [3.05, 3.63) is 36.4 Å². The van der Waals surface area contributed by atoms with E-state index >= 15 is 0 Å². The largest absolute Gasteiger partial charge is 0.656 e. The molecule has 1 aliphatic heterocycles. The Kier molecular flexibility index (Phi) is 2.14. The zero-order chi connectivity index (χ0) is 9.26. The van der Waals surface area contributed by atoms with Gasteiger partial charge in [0.15, 0.2) is 5.69 Å². The molecule has 0 bridgehead atoms. The van der Waals surface area contributed by atoms with Gasteiger partial charge >= 0.3 is 16.6 Å². The molecule has 0 saturated carbocycles. The van der Waals surface area contributed by atoms with Crippen LogP contribution >= 0.6 is 0 Å². The fourth-order valence-corrected chi connectivity index (χ4v) is 1.59. The first-order chi connectivity index (χ1) is 6.33. The highest BCUT2D eigenvalue weighted by Crippen LogP contribution is 2.34. The first-order valence-electron chi connectivity index (χ1n) is 3.94. The van der Waals surface area contributed by atoms with Crippen molar-refractivity contribution in [2.24, 2.45) is 0 Å². The maximum absolute atomic E-state index is 5.16. The summed E-state index contributed by atoms with van der Waals surface area (Å²) < 4.78 is 6.96. The van der Waals surface area contributed by atoms with E-state index in [0.717, 1.165) is 17.0 Å². The van der Waals surface area contributed by atoms with Gasteiger partial charge < -0.3 is 3.79 Å². The minimum absolute atomic E-state index is 0.818. The highest BCUT2D eigenvalue weighted by Gasteiger charge is 2.12. The molecular formula is C10H8AlNO. The molecule has 0 spiro atoms. The molecule has 0 N–H and O–H groups in total. The van der Waals surface area contributed by atoms with Gasteiger partial charge in [-0.15, -0.1) is 6.08 Å². The highest BCUT2D eigenvalue weighted by molar-refractivity contribution is 6.00. The van der Waals surface area contributed by atoms with Crippen LogP contribution in [0.2, 0.25) is 0 Å². The zero-order valence-electron chi connectivity index (χ0n) is 7.10. The van der Waals surface area contributed by atoms with Crippen molar-refractivity contribution in [1.29, 1.82) is 0 Å². The SMILES string of the molecule is C=[N+]1[CH-]C=Cc2cccc([O][Al])c21. The normalized spacial score (nSPS) is 13.4. The molecule has 0 aliphatic carbocycles. The average Bonchev–Trinajstić information content (AvgIpc) is 2.17. The van der Waals surface area contributed by atoms with Crippen molar-refractivity contribution >= 4 is 35.1 Å². The zero-order valence-corrected chi connectivity index (χ0v) is 8.26. The third-order valence-corrected chi connectivity index (χ3v) is 2.24. The van der Waals surface area contributed by atoms with Crippen LogP contribution in [-0.2, 0) is 0 Å². The van der Waals surface area contributed by atoms with E-state index in [2.05, 4.69) is 23.3 Å². The number of fused-ring (bicyclic) bond motifs is 1. The quantitative estimate of drug-likeness (QED) is 0.368. The van der Waals surface area contributed by atoms with Crippen LogP contribution in [-0.4, -0.2) is 27.9 Å². The van der Waals surface area contributed by atoms with E-state index in [9.17, 15) is 0 Å². The Hall–Kier alpha value is -1.17. The molecule has 2 radical (unpaired) electrons. The second-order valence-electron chi connectivity index (χ2n) is 2.79. The van der Waals surface area contributed by atoms with Gasteiger partial charge in [0.05, 0.1) is 13.3 Å². The summed E-state index contributed by atoms with van der Waals surface area (Å²) in [7, 11) is 0. The Morgan fingerprint density at radius 1 is 1.46 bits per heavy atom. The Morgan fingerprint density at radius 2 is 2.31 bits per heavy atom. The maximum Gasteiger partial charge on any atom is 0.481 e. The number of rotatable bonds is 1. The lowest BCUT2D eigenvalue weighted by Gasteiger charge is -2.18. The van der Waals surface area contributed by atoms with E-state index < -0.39 is 0 Å². The molecule has 13 heavy (non-hydrogen) atoms. The van der Waals surface area contributed by atoms with Crippen LogP contribution in [0.5, 0.6) is 5.75 Å². The van der Waals surface area contributed by atoms with E-state index in [1.165, 1.54) is 0 Å². The molecule has 2 rings (SSSR count). The number of hydrogen-bond donors (Lipinski definition) is 0. The summed E-state index contributed by atoms with van der Waals surface area (Å²) in [5.41, 5.74) is 2.12. The molecule has 2 nitrogen and oxygen atoms in total. The summed E-state index contributed by atoms with van der Waals surface area (Å²) in [6.45, 7) is 5.78. The Bertz CT molecular complexity index is 385. The van der Waals surface area contributed by atoms with Crippen LogP contribution in [0.4, 0.5) is 5.69 Å². The smallest absolute Gasteiger partial charge is 0.481 e. The minimum Gasteiger partial charge on any atom is -0.656 e. The Balaban J connectivity index is 2.64. The van der Waals surface area contributed by atoms with E-state index in [4.69, 9.17) is 3.79 Å². The summed E-state index contributed by atoms with van der Waals surface area (Å²) in [4.78, 5) is 0. The third kappa shape index (κ3) is 1.37. The second kappa shape index (κ2) is 3.29. The van der Waals surface area contributed by atoms with Crippen molar-refractivity contribution in [3.63, 3.8) is 0 Å². The molecule has 62 valence electrons. The minimum atomic E-state index is 0.818. The van der Waals surface area contributed by atoms with Gasteiger partial charge in [0.25, 0.3) is 0 Å². The lowest BCUT2D eigenvalue weighted by Crippen LogP contribution is -2.04. The highest BCUT2D eigenvalue weighted by atomic mass is 27.1. The lowest BCUT2D eigenvalue weighted by atomic mass is 10.1. The summed E-state index contributed by atoms with van der Waals surface area (Å²) >= 11 is 2.25. The van der Waals surface area contributed by atoms with Crippen molar-refractivity contribution in [3.8, 4) is 5.75 Å². The van der Waals surface area contributed by atoms with Gasteiger partial charge in [-0.05, 0) is 11.6 Å². The molecule has 1 aromatic carbocycles. The molecule has 1 aromatic rings. The molecule has 0 fully saturated rings. The van der Waals surface area contributed by atoms with Gasteiger partial charge in [0.2, 0.25) is 0 Å². The standard InChI is InChI=1S/C10H9NO.Al/c1-11-7-3-5-8-4-2-6-9(12)10(8)11;/h2-7,12H,1H2;/q;+1/p-1. The summed E-state index contributed by atoms with van der Waals surface area (Å²) in [6, 6.07) is 5.91. The maximum atomic E-state index is 5.16. The predicted molar refractivity (Wildman–Crippen MR) is 53.2 cm³/mol. The average molecular weight is 185 g/mol. The van der Waals surface area contributed by atoms with Gasteiger partial charge in [-0.1, -0.05) is 18.2 Å². The fourth-order valence-electron chi connectivity index (χ4n) is 1.40. The molecule has 0 aromatic heterocycles. The fraction of sp³-hybridized carbons (Fsp3) is 0. The number of nitrogens with zero attached hydrogens (tertiary/aromatic N) is 1. The number of benzene rings is 1. The monoisotopic (exact) mass is 185 g/mol. The first-order valence-corrected chi connectivity index (χ1v) is 4.41. The Morgan fingerprint density at radius 3 is 3.08 bits per heavy atom. The predicted octanol–water partition coefficient (Wildman–Crippen LogP) is 1.68. The molecular weight excluding hydrogens is 177 g/mol. The number of hydrogen-bond acceptors (Lipinski definition) is 1. The van der Waals surface area contributed by atoms with Crippen molar-refractivity contribution in [1.82, 2.24) is 0 Å². The van der Waals surface area contributed by atoms with Crippen LogP contribution in [0.15, 0.2) is 24.3 Å². The molecule has 3 heteroatoms. The molecule has 0 atom stereocenters. The Labute approximate surface area is 85.9 Å². The van der Waals surface area contributed by atoms with Gasteiger partial charge in [-0.3, -0.25) is 4.58 Å². The first kappa shape index (κ1) is 8.43. The topological polar surface area (TPSA) is 12.2 Å². The lowest BCUT2D eigenvalue weighted by molar-refractivity contribution is -0.378. The van der Waals surface area contributed by atoms with E-state index in [1.807, 2.05) is 36.9 Å². The van der Waals surface area contributed by atoms with E-state index in [-0.39, 0.29) is 0 Å². The summed E-state index contributed by atoms with van der Waals surface area (Å²) in [5, 5.41) is 0. The molecule has 0 unspecified atom stereocenters. The van der Waals surface area contributed by atoms with Crippen LogP contribution < -0.4 is 3.79 Å². The summed E-state index contributed by atoms with van der Waals surface area (Å²) in [6.07, 6.45) is 3.99. The molecule has 1 heterocycles. The van der Waals surface area contributed by atoms with E-state index in [0.29, 0.717) is 0 Å². The summed E-state index contributed by atoms with van der Waals surface area (Å²) in [5.74, 6) is 0.818.